The third-order valence-corrected chi connectivity index (χ3v) is 3.32. The van der Waals surface area contributed by atoms with Crippen LogP contribution >= 0.6 is 0 Å². The normalized spacial score (nSPS) is 10.6. The number of ether oxygens (including phenoxy) is 1. The highest BCUT2D eigenvalue weighted by Crippen LogP contribution is 2.26. The lowest BCUT2D eigenvalue weighted by Crippen LogP contribution is -2.00. The highest BCUT2D eigenvalue weighted by atomic mass is 16.5. The van der Waals surface area contributed by atoms with Crippen molar-refractivity contribution in [3.05, 3.63) is 53.6 Å². The van der Waals surface area contributed by atoms with Crippen molar-refractivity contribution < 1.29 is 9.84 Å². The molecule has 0 unspecified atom stereocenters. The molecule has 2 aromatic carbocycles. The van der Waals surface area contributed by atoms with Gasteiger partial charge in [0, 0.05) is 12.2 Å². The van der Waals surface area contributed by atoms with Crippen molar-refractivity contribution in [1.29, 1.82) is 0 Å². The topological polar surface area (TPSA) is 41.5 Å². The van der Waals surface area contributed by atoms with Gasteiger partial charge in [0.1, 0.15) is 0 Å². The molecule has 0 amide bonds. The summed E-state index contributed by atoms with van der Waals surface area (Å²) in [5.41, 5.74) is 3.48. The van der Waals surface area contributed by atoms with Gasteiger partial charge in [-0.3, -0.25) is 0 Å². The molecule has 0 aliphatic carbocycles. The third kappa shape index (κ3) is 3.44. The smallest absolute Gasteiger partial charge is 0.160 e. The molecule has 0 aromatic heterocycles. The Kier molecular flexibility index (Phi) is 4.51. The summed E-state index contributed by atoms with van der Waals surface area (Å²) in [6.45, 7) is 5.06. The highest BCUT2D eigenvalue weighted by molar-refractivity contribution is 5.47. The molecule has 20 heavy (non-hydrogen) atoms. The fourth-order valence-corrected chi connectivity index (χ4v) is 2.02. The van der Waals surface area contributed by atoms with Crippen molar-refractivity contribution in [3.8, 4) is 11.5 Å². The molecule has 0 aliphatic rings. The van der Waals surface area contributed by atoms with Crippen molar-refractivity contribution in [2.45, 2.75) is 26.3 Å². The molecular weight excluding hydrogens is 250 g/mol. The summed E-state index contributed by atoms with van der Waals surface area (Å²) in [5, 5.41) is 12.9. The number of rotatable bonds is 5. The Balaban J connectivity index is 2.01. The summed E-state index contributed by atoms with van der Waals surface area (Å²) < 4.78 is 5.10. The maximum Gasteiger partial charge on any atom is 0.160 e. The number of phenols is 1. The molecule has 0 radical (unpaired) electrons. The van der Waals surface area contributed by atoms with Gasteiger partial charge in [0.15, 0.2) is 11.5 Å². The van der Waals surface area contributed by atoms with Crippen LogP contribution in [0.25, 0.3) is 0 Å². The number of methoxy groups -OCH3 is 1. The molecule has 0 saturated heterocycles. The van der Waals surface area contributed by atoms with Gasteiger partial charge in [0.05, 0.1) is 7.11 Å². The number of hydrogen-bond acceptors (Lipinski definition) is 3. The fourth-order valence-electron chi connectivity index (χ4n) is 2.02. The van der Waals surface area contributed by atoms with Crippen LogP contribution in [0.1, 0.15) is 30.9 Å². The van der Waals surface area contributed by atoms with Crippen LogP contribution in [0.5, 0.6) is 11.5 Å². The molecule has 3 nitrogen and oxygen atoms in total. The first kappa shape index (κ1) is 14.3. The molecule has 2 N–H and O–H groups in total. The molecule has 0 saturated carbocycles. The number of anilines is 1. The Morgan fingerprint density at radius 3 is 2.40 bits per heavy atom. The predicted octanol–water partition coefficient (Wildman–Crippen LogP) is 4.14. The molecule has 3 heteroatoms. The molecule has 2 aromatic rings. The van der Waals surface area contributed by atoms with E-state index in [0.29, 0.717) is 18.2 Å². The summed E-state index contributed by atoms with van der Waals surface area (Å²) in [5.74, 6) is 1.21. The van der Waals surface area contributed by atoms with E-state index in [4.69, 9.17) is 4.74 Å². The number of nitrogens with one attached hydrogen (secondary N) is 1. The van der Waals surface area contributed by atoms with Gasteiger partial charge in [0.25, 0.3) is 0 Å². The van der Waals surface area contributed by atoms with E-state index in [2.05, 4.69) is 43.4 Å². The molecule has 0 aliphatic heterocycles. The summed E-state index contributed by atoms with van der Waals surface area (Å²) >= 11 is 0. The Labute approximate surface area is 120 Å². The van der Waals surface area contributed by atoms with Gasteiger partial charge < -0.3 is 15.2 Å². The maximum atomic E-state index is 9.56. The minimum Gasteiger partial charge on any atom is -0.504 e. The number of phenolic OH excluding ortho intramolecular Hbond substituents is 1. The molecule has 0 fully saturated rings. The van der Waals surface area contributed by atoms with Gasteiger partial charge in [-0.2, -0.15) is 0 Å². The first-order chi connectivity index (χ1) is 9.60. The van der Waals surface area contributed by atoms with Crippen molar-refractivity contribution in [2.75, 3.05) is 12.4 Å². The SMILES string of the molecule is COc1cc(CNc2ccc(C(C)C)cc2)ccc1O. The second-order valence-corrected chi connectivity index (χ2v) is 5.14. The summed E-state index contributed by atoms with van der Waals surface area (Å²) in [6, 6.07) is 13.8. The van der Waals surface area contributed by atoms with Crippen molar-refractivity contribution in [1.82, 2.24) is 0 Å². The maximum absolute atomic E-state index is 9.56. The van der Waals surface area contributed by atoms with E-state index in [0.717, 1.165) is 11.3 Å². The molecule has 2 rings (SSSR count). The lowest BCUT2D eigenvalue weighted by molar-refractivity contribution is 0.373. The Bertz CT molecular complexity index is 562. The fraction of sp³-hybridized carbons (Fsp3) is 0.294. The molecule has 0 heterocycles. The van der Waals surface area contributed by atoms with E-state index in [9.17, 15) is 5.11 Å². The van der Waals surface area contributed by atoms with Crippen LogP contribution in [-0.4, -0.2) is 12.2 Å². The van der Waals surface area contributed by atoms with Crippen LogP contribution in [0.4, 0.5) is 5.69 Å². The first-order valence-electron chi connectivity index (χ1n) is 6.80. The zero-order valence-corrected chi connectivity index (χ0v) is 12.2. The molecule has 0 spiro atoms. The number of hydrogen-bond donors (Lipinski definition) is 2. The minimum absolute atomic E-state index is 0.164. The number of benzene rings is 2. The van der Waals surface area contributed by atoms with Crippen LogP contribution < -0.4 is 10.1 Å². The van der Waals surface area contributed by atoms with Crippen molar-refractivity contribution >= 4 is 5.69 Å². The zero-order chi connectivity index (χ0) is 14.5. The van der Waals surface area contributed by atoms with Crippen LogP contribution in [-0.2, 0) is 6.54 Å². The second kappa shape index (κ2) is 6.33. The Hall–Kier alpha value is -2.16. The average molecular weight is 271 g/mol. The molecule has 0 bridgehead atoms. The van der Waals surface area contributed by atoms with E-state index in [-0.39, 0.29) is 5.75 Å². The van der Waals surface area contributed by atoms with Gasteiger partial charge in [0.2, 0.25) is 0 Å². The first-order valence-corrected chi connectivity index (χ1v) is 6.80. The summed E-state index contributed by atoms with van der Waals surface area (Å²) in [4.78, 5) is 0. The van der Waals surface area contributed by atoms with Crippen molar-refractivity contribution in [3.63, 3.8) is 0 Å². The van der Waals surface area contributed by atoms with Gasteiger partial charge >= 0.3 is 0 Å². The third-order valence-electron chi connectivity index (χ3n) is 3.32. The molecule has 0 atom stereocenters. The second-order valence-electron chi connectivity index (χ2n) is 5.14. The van der Waals surface area contributed by atoms with E-state index in [1.165, 1.54) is 5.56 Å². The van der Waals surface area contributed by atoms with Gasteiger partial charge in [-0.25, -0.2) is 0 Å². The predicted molar refractivity (Wildman–Crippen MR) is 82.5 cm³/mol. The Morgan fingerprint density at radius 2 is 1.80 bits per heavy atom. The highest BCUT2D eigenvalue weighted by Gasteiger charge is 2.03. The lowest BCUT2D eigenvalue weighted by atomic mass is 10.0. The monoisotopic (exact) mass is 271 g/mol. The van der Waals surface area contributed by atoms with Crippen LogP contribution in [0, 0.1) is 0 Å². The van der Waals surface area contributed by atoms with Crippen molar-refractivity contribution in [2.24, 2.45) is 0 Å². The van der Waals surface area contributed by atoms with Gasteiger partial charge in [-0.15, -0.1) is 0 Å². The largest absolute Gasteiger partial charge is 0.504 e. The van der Waals surface area contributed by atoms with E-state index in [1.807, 2.05) is 12.1 Å². The molecule has 106 valence electrons. The van der Waals surface area contributed by atoms with E-state index < -0.39 is 0 Å². The Morgan fingerprint density at radius 1 is 1.10 bits per heavy atom. The lowest BCUT2D eigenvalue weighted by Gasteiger charge is -2.10. The summed E-state index contributed by atoms with van der Waals surface area (Å²) in [6.07, 6.45) is 0. The van der Waals surface area contributed by atoms with Crippen LogP contribution in [0.15, 0.2) is 42.5 Å². The number of aromatic hydroxyl groups is 1. The minimum atomic E-state index is 0.164. The summed E-state index contributed by atoms with van der Waals surface area (Å²) in [7, 11) is 1.55. The van der Waals surface area contributed by atoms with Gasteiger partial charge in [-0.1, -0.05) is 32.0 Å². The van der Waals surface area contributed by atoms with Gasteiger partial charge in [-0.05, 0) is 41.3 Å². The van der Waals surface area contributed by atoms with Crippen LogP contribution in [0.2, 0.25) is 0 Å². The quantitative estimate of drug-likeness (QED) is 0.859. The molecular formula is C17H21NO2. The van der Waals surface area contributed by atoms with E-state index in [1.54, 1.807) is 13.2 Å². The van der Waals surface area contributed by atoms with Crippen LogP contribution in [0.3, 0.4) is 0 Å². The standard InChI is InChI=1S/C17H21NO2/c1-12(2)14-5-7-15(8-6-14)18-11-13-4-9-16(19)17(10-13)20-3/h4-10,12,18-19H,11H2,1-3H3. The zero-order valence-electron chi connectivity index (χ0n) is 12.2. The van der Waals surface area contributed by atoms with E-state index >= 15 is 0 Å². The average Bonchev–Trinajstić information content (AvgIpc) is 2.46.